The highest BCUT2D eigenvalue weighted by molar-refractivity contribution is 6.03. The summed E-state index contributed by atoms with van der Waals surface area (Å²) in [5, 5.41) is 0. The minimum atomic E-state index is -0.363. The van der Waals surface area contributed by atoms with Gasteiger partial charge < -0.3 is 4.74 Å². The average Bonchev–Trinajstić information content (AvgIpc) is 2.67. The first-order valence-electron chi connectivity index (χ1n) is 6.22. The van der Waals surface area contributed by atoms with Gasteiger partial charge in [-0.2, -0.15) is 0 Å². The van der Waals surface area contributed by atoms with Crippen LogP contribution in [-0.2, 0) is 14.3 Å². The van der Waals surface area contributed by atoms with E-state index in [0.29, 0.717) is 12.8 Å². The van der Waals surface area contributed by atoms with E-state index in [0.717, 1.165) is 11.1 Å². The first-order valence-corrected chi connectivity index (χ1v) is 6.22. The van der Waals surface area contributed by atoms with Crippen molar-refractivity contribution in [3.8, 4) is 0 Å². The van der Waals surface area contributed by atoms with Gasteiger partial charge >= 0.3 is 5.97 Å². The monoisotopic (exact) mass is 246 g/mol. The van der Waals surface area contributed by atoms with Crippen LogP contribution in [0.5, 0.6) is 0 Å². The molecular formula is C15H18O3. The summed E-state index contributed by atoms with van der Waals surface area (Å²) in [6, 6.07) is 0. The fourth-order valence-corrected chi connectivity index (χ4v) is 2.09. The van der Waals surface area contributed by atoms with Gasteiger partial charge in [-0.3, -0.25) is 4.79 Å². The maximum Gasteiger partial charge on any atom is 0.334 e. The Morgan fingerprint density at radius 1 is 1.33 bits per heavy atom. The second-order valence-electron chi connectivity index (χ2n) is 5.46. The Kier molecular flexibility index (Phi) is 3.24. The van der Waals surface area contributed by atoms with Crippen molar-refractivity contribution >= 4 is 11.8 Å². The van der Waals surface area contributed by atoms with Crippen LogP contribution in [0.4, 0.5) is 0 Å². The van der Waals surface area contributed by atoms with Crippen molar-refractivity contribution in [2.45, 2.75) is 39.7 Å². The van der Waals surface area contributed by atoms with Crippen LogP contribution in [0.2, 0.25) is 0 Å². The fraction of sp³-hybridized carbons (Fsp3) is 0.467. The summed E-state index contributed by atoms with van der Waals surface area (Å²) in [5.41, 5.74) is 1.09. The Balaban J connectivity index is 2.37. The molecule has 0 spiro atoms. The van der Waals surface area contributed by atoms with Crippen LogP contribution in [0.1, 0.15) is 33.6 Å². The SMILES string of the molecule is C/C1=C\CCC2=CC(OC2=O)C(C)(C)/C=C\C1=O. The molecule has 3 nitrogen and oxygen atoms in total. The van der Waals surface area contributed by atoms with E-state index in [9.17, 15) is 9.59 Å². The molecule has 18 heavy (non-hydrogen) atoms. The van der Waals surface area contributed by atoms with Crippen LogP contribution in [0.25, 0.3) is 0 Å². The third kappa shape index (κ3) is 2.45. The molecule has 2 aliphatic rings. The number of fused-ring (bicyclic) bond motifs is 1. The molecule has 0 aromatic carbocycles. The molecule has 1 heterocycles. The molecule has 2 rings (SSSR count). The van der Waals surface area contributed by atoms with Gasteiger partial charge in [-0.25, -0.2) is 4.79 Å². The zero-order chi connectivity index (χ0) is 13.3. The standard InChI is InChI=1S/C15H18O3/c1-10-5-4-6-11-9-13(18-14(11)17)15(2,3)8-7-12(10)16/h5,7-9,13H,4,6H2,1-3H3/b8-7-,10-5+. The molecule has 0 amide bonds. The van der Waals surface area contributed by atoms with E-state index >= 15 is 0 Å². The summed E-state index contributed by atoms with van der Waals surface area (Å²) >= 11 is 0. The lowest BCUT2D eigenvalue weighted by Crippen LogP contribution is -2.27. The van der Waals surface area contributed by atoms with Crippen molar-refractivity contribution < 1.29 is 14.3 Å². The van der Waals surface area contributed by atoms with E-state index in [4.69, 9.17) is 4.74 Å². The maximum absolute atomic E-state index is 11.8. The lowest BCUT2D eigenvalue weighted by molar-refractivity contribution is -0.142. The molecule has 0 aromatic rings. The van der Waals surface area contributed by atoms with Crippen LogP contribution in [0.3, 0.4) is 0 Å². The van der Waals surface area contributed by atoms with E-state index < -0.39 is 0 Å². The summed E-state index contributed by atoms with van der Waals surface area (Å²) in [6.07, 6.45) is 8.24. The third-order valence-corrected chi connectivity index (χ3v) is 3.50. The molecule has 1 atom stereocenters. The minimum Gasteiger partial charge on any atom is -0.454 e. The van der Waals surface area contributed by atoms with E-state index in [1.54, 1.807) is 6.08 Å². The van der Waals surface area contributed by atoms with Gasteiger partial charge in [0.05, 0.1) is 0 Å². The first kappa shape index (κ1) is 12.8. The van der Waals surface area contributed by atoms with E-state index in [1.807, 2.05) is 39.0 Å². The zero-order valence-corrected chi connectivity index (χ0v) is 11.0. The normalized spacial score (nSPS) is 31.8. The van der Waals surface area contributed by atoms with E-state index in [2.05, 4.69) is 0 Å². The third-order valence-electron chi connectivity index (χ3n) is 3.50. The highest BCUT2D eigenvalue weighted by Crippen LogP contribution is 2.33. The number of ketones is 1. The zero-order valence-electron chi connectivity index (χ0n) is 11.0. The fourth-order valence-electron chi connectivity index (χ4n) is 2.09. The van der Waals surface area contributed by atoms with Gasteiger partial charge in [-0.1, -0.05) is 26.0 Å². The van der Waals surface area contributed by atoms with Gasteiger partial charge in [0.2, 0.25) is 0 Å². The van der Waals surface area contributed by atoms with Crippen LogP contribution < -0.4 is 0 Å². The van der Waals surface area contributed by atoms with Crippen LogP contribution in [0, 0.1) is 5.41 Å². The molecule has 2 bridgehead atoms. The molecule has 1 aliphatic carbocycles. The van der Waals surface area contributed by atoms with Gasteiger partial charge in [-0.15, -0.1) is 0 Å². The molecule has 0 saturated carbocycles. The van der Waals surface area contributed by atoms with Crippen molar-refractivity contribution in [2.24, 2.45) is 5.41 Å². The first-order chi connectivity index (χ1) is 8.40. The van der Waals surface area contributed by atoms with Gasteiger partial charge in [0.25, 0.3) is 0 Å². The van der Waals surface area contributed by atoms with Crippen LogP contribution in [-0.4, -0.2) is 17.9 Å². The molecule has 1 unspecified atom stereocenters. The Morgan fingerprint density at radius 3 is 2.78 bits per heavy atom. The van der Waals surface area contributed by atoms with Crippen molar-refractivity contribution in [1.82, 2.24) is 0 Å². The topological polar surface area (TPSA) is 43.4 Å². The quantitative estimate of drug-likeness (QED) is 0.617. The Bertz CT molecular complexity index is 478. The smallest absolute Gasteiger partial charge is 0.334 e. The summed E-state index contributed by atoms with van der Waals surface area (Å²) in [7, 11) is 0. The molecule has 96 valence electrons. The largest absolute Gasteiger partial charge is 0.454 e. The summed E-state index contributed by atoms with van der Waals surface area (Å²) in [5.74, 6) is -0.198. The maximum atomic E-state index is 11.8. The highest BCUT2D eigenvalue weighted by Gasteiger charge is 2.35. The second kappa shape index (κ2) is 4.56. The number of carbonyl (C=O) groups excluding carboxylic acids is 2. The van der Waals surface area contributed by atoms with Gasteiger partial charge in [0.1, 0.15) is 6.10 Å². The van der Waals surface area contributed by atoms with Crippen LogP contribution >= 0.6 is 0 Å². The van der Waals surface area contributed by atoms with Gasteiger partial charge in [0.15, 0.2) is 5.78 Å². The molecule has 0 saturated heterocycles. The molecule has 1 aliphatic heterocycles. The molecule has 0 N–H and O–H groups in total. The Labute approximate surface area is 107 Å². The summed E-state index contributed by atoms with van der Waals surface area (Å²) in [4.78, 5) is 23.5. The number of rotatable bonds is 0. The van der Waals surface area contributed by atoms with Crippen molar-refractivity contribution in [1.29, 1.82) is 0 Å². The van der Waals surface area contributed by atoms with Crippen molar-refractivity contribution in [3.63, 3.8) is 0 Å². The van der Waals surface area contributed by atoms with Gasteiger partial charge in [0, 0.05) is 11.0 Å². The van der Waals surface area contributed by atoms with E-state index in [-0.39, 0.29) is 23.3 Å². The summed E-state index contributed by atoms with van der Waals surface area (Å²) in [6.45, 7) is 5.73. The van der Waals surface area contributed by atoms with Crippen molar-refractivity contribution in [3.05, 3.63) is 35.5 Å². The minimum absolute atomic E-state index is 0.0252. The predicted molar refractivity (Wildman–Crippen MR) is 68.9 cm³/mol. The second-order valence-corrected chi connectivity index (χ2v) is 5.46. The lowest BCUT2D eigenvalue weighted by atomic mass is 9.85. The number of hydrogen-bond acceptors (Lipinski definition) is 3. The average molecular weight is 246 g/mol. The molecular weight excluding hydrogens is 228 g/mol. The summed E-state index contributed by atoms with van der Waals surface area (Å²) < 4.78 is 5.36. The molecule has 0 fully saturated rings. The number of allylic oxidation sites excluding steroid dienone is 3. The number of carbonyl (C=O) groups is 2. The van der Waals surface area contributed by atoms with Crippen LogP contribution in [0.15, 0.2) is 35.5 Å². The molecule has 3 heteroatoms. The predicted octanol–water partition coefficient (Wildman–Crippen LogP) is 2.73. The lowest BCUT2D eigenvalue weighted by Gasteiger charge is -2.25. The van der Waals surface area contributed by atoms with E-state index in [1.165, 1.54) is 0 Å². The highest BCUT2D eigenvalue weighted by atomic mass is 16.5. The molecule has 0 aromatic heterocycles. The number of hydrogen-bond donors (Lipinski definition) is 0. The molecule has 0 radical (unpaired) electrons. The van der Waals surface area contributed by atoms with Crippen molar-refractivity contribution in [2.75, 3.05) is 0 Å². The van der Waals surface area contributed by atoms with Gasteiger partial charge in [-0.05, 0) is 37.5 Å². The Morgan fingerprint density at radius 2 is 2.06 bits per heavy atom. The Hall–Kier alpha value is -1.64. The number of esters is 1. The number of ether oxygens (including phenoxy) is 1.